The highest BCUT2D eigenvalue weighted by Gasteiger charge is 2.34. The summed E-state index contributed by atoms with van der Waals surface area (Å²) in [5.41, 5.74) is 0.456. The molecular formula is C16H19Cl2NO2. The summed E-state index contributed by atoms with van der Waals surface area (Å²) in [6.07, 6.45) is 0.548. The number of rotatable bonds is 4. The van der Waals surface area contributed by atoms with Crippen LogP contribution in [0.1, 0.15) is 32.6 Å². The van der Waals surface area contributed by atoms with E-state index in [1.165, 1.54) is 0 Å². The maximum atomic E-state index is 10.6. The molecule has 2 aromatic rings. The summed E-state index contributed by atoms with van der Waals surface area (Å²) in [5.74, 6) is 0.490. The fourth-order valence-corrected chi connectivity index (χ4v) is 2.43. The zero-order valence-corrected chi connectivity index (χ0v) is 13.7. The predicted octanol–water partition coefficient (Wildman–Crippen LogP) is 4.85. The van der Waals surface area contributed by atoms with Crippen molar-refractivity contribution in [3.63, 3.8) is 0 Å². The molecule has 2 unspecified atom stereocenters. The number of hydrogen-bond donors (Lipinski definition) is 2. The Morgan fingerprint density at radius 1 is 1.19 bits per heavy atom. The van der Waals surface area contributed by atoms with E-state index in [2.05, 4.69) is 4.98 Å². The Morgan fingerprint density at radius 2 is 1.90 bits per heavy atom. The highest BCUT2D eigenvalue weighted by molar-refractivity contribution is 6.35. The Kier molecular flexibility index (Phi) is 4.87. The van der Waals surface area contributed by atoms with Gasteiger partial charge in [0, 0.05) is 11.2 Å². The molecule has 0 bridgehead atoms. The average Bonchev–Trinajstić information content (AvgIpc) is 2.90. The molecule has 0 spiro atoms. The molecule has 1 heterocycles. The summed E-state index contributed by atoms with van der Waals surface area (Å²) in [4.78, 5) is 3.09. The van der Waals surface area contributed by atoms with Gasteiger partial charge in [-0.05, 0) is 35.7 Å². The molecule has 0 amide bonds. The van der Waals surface area contributed by atoms with Gasteiger partial charge in [0.2, 0.25) is 0 Å². The molecule has 0 aliphatic heterocycles. The summed E-state index contributed by atoms with van der Waals surface area (Å²) in [7, 11) is 0. The van der Waals surface area contributed by atoms with E-state index in [-0.39, 0.29) is 5.41 Å². The third-order valence-corrected chi connectivity index (χ3v) is 3.78. The molecule has 0 radical (unpaired) electrons. The maximum absolute atomic E-state index is 10.6. The monoisotopic (exact) mass is 327 g/mol. The number of aliphatic hydroxyl groups is 1. The van der Waals surface area contributed by atoms with Gasteiger partial charge in [-0.1, -0.05) is 44.0 Å². The number of benzene rings is 1. The van der Waals surface area contributed by atoms with Crippen molar-refractivity contribution in [3.8, 4) is 5.75 Å². The average molecular weight is 328 g/mol. The lowest BCUT2D eigenvalue weighted by atomic mass is 9.85. The highest BCUT2D eigenvalue weighted by atomic mass is 35.5. The van der Waals surface area contributed by atoms with Crippen LogP contribution in [0.2, 0.25) is 10.0 Å². The van der Waals surface area contributed by atoms with Gasteiger partial charge >= 0.3 is 0 Å². The van der Waals surface area contributed by atoms with Gasteiger partial charge in [-0.2, -0.15) is 0 Å². The van der Waals surface area contributed by atoms with Crippen LogP contribution in [0.15, 0.2) is 36.5 Å². The molecule has 2 N–H and O–H groups in total. The number of hydrogen-bond acceptors (Lipinski definition) is 2. The Morgan fingerprint density at radius 3 is 2.43 bits per heavy atom. The first kappa shape index (κ1) is 16.2. The van der Waals surface area contributed by atoms with Crippen molar-refractivity contribution in [2.45, 2.75) is 33.0 Å². The number of halogens is 2. The molecular weight excluding hydrogens is 309 g/mol. The second-order valence-electron chi connectivity index (χ2n) is 6.05. The molecule has 2 rings (SSSR count). The van der Waals surface area contributed by atoms with Crippen molar-refractivity contribution < 1.29 is 9.84 Å². The molecule has 0 aliphatic rings. The first-order valence-electron chi connectivity index (χ1n) is 6.72. The Bertz CT molecular complexity index is 591. The molecule has 0 saturated carbocycles. The largest absolute Gasteiger partial charge is 0.480 e. The number of aliphatic hydroxyl groups excluding tert-OH is 1. The number of aromatic nitrogens is 1. The van der Waals surface area contributed by atoms with Crippen LogP contribution < -0.4 is 4.74 Å². The van der Waals surface area contributed by atoms with Crippen LogP contribution >= 0.6 is 23.2 Å². The van der Waals surface area contributed by atoms with E-state index in [1.807, 2.05) is 32.9 Å². The molecule has 0 aliphatic carbocycles. The molecule has 1 aromatic heterocycles. The summed E-state index contributed by atoms with van der Waals surface area (Å²) < 4.78 is 5.96. The van der Waals surface area contributed by atoms with Crippen molar-refractivity contribution in [1.29, 1.82) is 0 Å². The van der Waals surface area contributed by atoms with Gasteiger partial charge in [-0.25, -0.2) is 0 Å². The minimum Gasteiger partial charge on any atom is -0.480 e. The van der Waals surface area contributed by atoms with Gasteiger partial charge in [-0.15, -0.1) is 0 Å². The summed E-state index contributed by atoms with van der Waals surface area (Å²) in [5, 5.41) is 11.6. The molecule has 0 saturated heterocycles. The van der Waals surface area contributed by atoms with E-state index in [4.69, 9.17) is 27.9 Å². The Labute approximate surface area is 134 Å². The molecule has 3 nitrogen and oxygen atoms in total. The fraction of sp³-hybridized carbons (Fsp3) is 0.375. The fourth-order valence-electron chi connectivity index (χ4n) is 1.98. The van der Waals surface area contributed by atoms with E-state index in [9.17, 15) is 5.11 Å². The minimum atomic E-state index is -0.706. The zero-order chi connectivity index (χ0) is 15.6. The molecule has 1 aromatic carbocycles. The van der Waals surface area contributed by atoms with Gasteiger partial charge in [0.1, 0.15) is 11.9 Å². The van der Waals surface area contributed by atoms with Crippen LogP contribution in [0, 0.1) is 5.41 Å². The quantitative estimate of drug-likeness (QED) is 0.843. The number of nitrogens with one attached hydrogen (secondary N) is 1. The van der Waals surface area contributed by atoms with Crippen LogP contribution in [0.4, 0.5) is 0 Å². The Balaban J connectivity index is 2.33. The van der Waals surface area contributed by atoms with Crippen LogP contribution in [0.5, 0.6) is 5.75 Å². The van der Waals surface area contributed by atoms with Crippen molar-refractivity contribution in [2.24, 2.45) is 5.41 Å². The van der Waals surface area contributed by atoms with E-state index >= 15 is 0 Å². The second-order valence-corrected chi connectivity index (χ2v) is 6.89. The van der Waals surface area contributed by atoms with Gasteiger partial charge in [-0.3, -0.25) is 0 Å². The standard InChI is InChI=1S/C16H19Cl2NO2/c1-16(2,3)15(20)14(12-5-4-8-19-12)21-13-7-6-10(17)9-11(13)18/h4-9,14-15,19-20H,1-3H3. The van der Waals surface area contributed by atoms with Crippen molar-refractivity contribution in [2.75, 3.05) is 0 Å². The highest BCUT2D eigenvalue weighted by Crippen LogP contribution is 2.36. The first-order valence-corrected chi connectivity index (χ1v) is 7.47. The third kappa shape index (κ3) is 3.94. The van der Waals surface area contributed by atoms with Crippen molar-refractivity contribution in [1.82, 2.24) is 4.98 Å². The van der Waals surface area contributed by atoms with Crippen LogP contribution in [-0.4, -0.2) is 16.2 Å². The zero-order valence-electron chi connectivity index (χ0n) is 12.2. The van der Waals surface area contributed by atoms with E-state index < -0.39 is 12.2 Å². The van der Waals surface area contributed by atoms with Crippen molar-refractivity contribution in [3.05, 3.63) is 52.3 Å². The molecule has 0 fully saturated rings. The van der Waals surface area contributed by atoms with E-state index in [1.54, 1.807) is 24.4 Å². The van der Waals surface area contributed by atoms with E-state index in [0.717, 1.165) is 5.69 Å². The predicted molar refractivity (Wildman–Crippen MR) is 86.1 cm³/mol. The van der Waals surface area contributed by atoms with Gasteiger partial charge in [0.15, 0.2) is 6.10 Å². The van der Waals surface area contributed by atoms with Crippen LogP contribution in [0.25, 0.3) is 0 Å². The van der Waals surface area contributed by atoms with Crippen LogP contribution in [-0.2, 0) is 0 Å². The summed E-state index contributed by atoms with van der Waals surface area (Å²) >= 11 is 12.0. The normalized spacial score (nSPS) is 14.8. The van der Waals surface area contributed by atoms with Gasteiger partial charge in [0.25, 0.3) is 0 Å². The maximum Gasteiger partial charge on any atom is 0.165 e. The molecule has 114 valence electrons. The third-order valence-electron chi connectivity index (χ3n) is 3.25. The molecule has 2 atom stereocenters. The second kappa shape index (κ2) is 6.30. The summed E-state index contributed by atoms with van der Waals surface area (Å²) in [6, 6.07) is 8.77. The lowest BCUT2D eigenvalue weighted by Gasteiger charge is -2.33. The van der Waals surface area contributed by atoms with Crippen LogP contribution in [0.3, 0.4) is 0 Å². The molecule has 21 heavy (non-hydrogen) atoms. The van der Waals surface area contributed by atoms with Crippen molar-refractivity contribution >= 4 is 23.2 Å². The summed E-state index contributed by atoms with van der Waals surface area (Å²) in [6.45, 7) is 5.88. The topological polar surface area (TPSA) is 45.2 Å². The Hall–Kier alpha value is -1.16. The lowest BCUT2D eigenvalue weighted by molar-refractivity contribution is -0.0347. The smallest absolute Gasteiger partial charge is 0.165 e. The number of ether oxygens (including phenoxy) is 1. The minimum absolute atomic E-state index is 0.339. The first-order chi connectivity index (χ1) is 9.79. The number of aromatic amines is 1. The lowest BCUT2D eigenvalue weighted by Crippen LogP contribution is -2.35. The number of H-pyrrole nitrogens is 1. The molecule has 5 heteroatoms. The van der Waals surface area contributed by atoms with E-state index in [0.29, 0.717) is 15.8 Å². The van der Waals surface area contributed by atoms with Gasteiger partial charge in [0.05, 0.1) is 10.7 Å². The van der Waals surface area contributed by atoms with Gasteiger partial charge < -0.3 is 14.8 Å². The SMILES string of the molecule is CC(C)(C)C(O)C(Oc1ccc(Cl)cc1Cl)c1ccc[nH]1.